The maximum atomic E-state index is 12.4. The minimum absolute atomic E-state index is 0.0640. The fourth-order valence-electron chi connectivity index (χ4n) is 2.46. The number of carbonyl (C=O) groups is 2. The van der Waals surface area contributed by atoms with E-state index in [1.54, 1.807) is 38.1 Å². The number of aromatic nitrogens is 2. The molecule has 1 atom stereocenters. The number of hydrogen-bond donors (Lipinski definition) is 2. The molecule has 0 saturated heterocycles. The Bertz CT molecular complexity index is 846. The predicted octanol–water partition coefficient (Wildman–Crippen LogP) is 0.806. The third kappa shape index (κ3) is 4.27. The SMILES string of the molecule is COC(=O)C(NC(=O)Cn1c(-c2ccccc2)ncc(N)c1=O)C(C)C. The van der Waals surface area contributed by atoms with Crippen LogP contribution in [0.25, 0.3) is 11.4 Å². The molecule has 0 aliphatic carbocycles. The van der Waals surface area contributed by atoms with Crippen molar-refractivity contribution in [2.24, 2.45) is 5.92 Å². The van der Waals surface area contributed by atoms with Crippen LogP contribution >= 0.6 is 0 Å². The molecular formula is C18H22N4O4. The first-order valence-corrected chi connectivity index (χ1v) is 8.13. The van der Waals surface area contributed by atoms with E-state index < -0.39 is 23.5 Å². The summed E-state index contributed by atoms with van der Waals surface area (Å²) in [7, 11) is 1.25. The van der Waals surface area contributed by atoms with Gasteiger partial charge in [-0.15, -0.1) is 0 Å². The molecule has 0 aliphatic heterocycles. The number of anilines is 1. The summed E-state index contributed by atoms with van der Waals surface area (Å²) < 4.78 is 5.90. The van der Waals surface area contributed by atoms with Gasteiger partial charge in [-0.25, -0.2) is 9.78 Å². The minimum Gasteiger partial charge on any atom is -0.467 e. The molecular weight excluding hydrogens is 336 g/mol. The zero-order valence-corrected chi connectivity index (χ0v) is 14.9. The Kier molecular flexibility index (Phi) is 6.11. The molecule has 0 fully saturated rings. The number of ether oxygens (including phenoxy) is 1. The predicted molar refractivity (Wildman–Crippen MR) is 97.1 cm³/mol. The monoisotopic (exact) mass is 358 g/mol. The minimum atomic E-state index is -0.808. The highest BCUT2D eigenvalue weighted by Crippen LogP contribution is 2.15. The molecule has 1 aromatic carbocycles. The normalized spacial score (nSPS) is 11.8. The van der Waals surface area contributed by atoms with Crippen molar-refractivity contribution in [3.05, 3.63) is 46.9 Å². The smallest absolute Gasteiger partial charge is 0.328 e. The van der Waals surface area contributed by atoms with Crippen LogP contribution in [0.2, 0.25) is 0 Å². The lowest BCUT2D eigenvalue weighted by atomic mass is 10.0. The van der Waals surface area contributed by atoms with Gasteiger partial charge in [0.15, 0.2) is 0 Å². The van der Waals surface area contributed by atoms with Gasteiger partial charge in [-0.2, -0.15) is 0 Å². The van der Waals surface area contributed by atoms with Gasteiger partial charge in [0.2, 0.25) is 5.91 Å². The van der Waals surface area contributed by atoms with Gasteiger partial charge in [-0.1, -0.05) is 44.2 Å². The second-order valence-electron chi connectivity index (χ2n) is 6.11. The summed E-state index contributed by atoms with van der Waals surface area (Å²) in [5.74, 6) is -0.912. The lowest BCUT2D eigenvalue weighted by Crippen LogP contribution is -2.47. The molecule has 0 bridgehead atoms. The van der Waals surface area contributed by atoms with Crippen molar-refractivity contribution in [3.63, 3.8) is 0 Å². The summed E-state index contributed by atoms with van der Waals surface area (Å²) >= 11 is 0. The summed E-state index contributed by atoms with van der Waals surface area (Å²) in [6.45, 7) is 3.25. The largest absolute Gasteiger partial charge is 0.467 e. The van der Waals surface area contributed by atoms with Crippen LogP contribution in [0.1, 0.15) is 13.8 Å². The maximum Gasteiger partial charge on any atom is 0.328 e. The second kappa shape index (κ2) is 8.28. The summed E-state index contributed by atoms with van der Waals surface area (Å²) in [4.78, 5) is 40.9. The third-order valence-electron chi connectivity index (χ3n) is 3.85. The molecule has 3 N–H and O–H groups in total. The van der Waals surface area contributed by atoms with Crippen molar-refractivity contribution in [2.45, 2.75) is 26.4 Å². The number of esters is 1. The third-order valence-corrected chi connectivity index (χ3v) is 3.85. The first-order chi connectivity index (χ1) is 12.3. The van der Waals surface area contributed by atoms with Gasteiger partial charge in [0.05, 0.1) is 13.3 Å². The van der Waals surface area contributed by atoms with E-state index in [9.17, 15) is 14.4 Å². The Labute approximate surface area is 151 Å². The molecule has 1 amide bonds. The fourth-order valence-corrected chi connectivity index (χ4v) is 2.46. The molecule has 0 aliphatic rings. The average Bonchev–Trinajstić information content (AvgIpc) is 2.63. The van der Waals surface area contributed by atoms with Gasteiger partial charge < -0.3 is 15.8 Å². The van der Waals surface area contributed by atoms with E-state index in [1.807, 2.05) is 6.07 Å². The van der Waals surface area contributed by atoms with Gasteiger partial charge in [-0.05, 0) is 5.92 Å². The number of benzene rings is 1. The van der Waals surface area contributed by atoms with Crippen LogP contribution in [-0.4, -0.2) is 34.6 Å². The number of nitrogen functional groups attached to an aromatic ring is 1. The topological polar surface area (TPSA) is 116 Å². The Balaban J connectivity index is 2.34. The van der Waals surface area contributed by atoms with Crippen molar-refractivity contribution in [2.75, 3.05) is 12.8 Å². The van der Waals surface area contributed by atoms with Crippen molar-refractivity contribution in [3.8, 4) is 11.4 Å². The van der Waals surface area contributed by atoms with Crippen LogP contribution in [0.15, 0.2) is 41.3 Å². The van der Waals surface area contributed by atoms with Gasteiger partial charge in [0.25, 0.3) is 5.56 Å². The summed E-state index contributed by atoms with van der Waals surface area (Å²) in [5.41, 5.74) is 5.75. The number of methoxy groups -OCH3 is 1. The van der Waals surface area contributed by atoms with E-state index in [0.717, 1.165) is 0 Å². The Morgan fingerprint density at radius 2 is 1.92 bits per heavy atom. The molecule has 138 valence electrons. The van der Waals surface area contributed by atoms with Gasteiger partial charge >= 0.3 is 5.97 Å². The standard InChI is InChI=1S/C18H22N4O4/c1-11(2)15(18(25)26-3)21-14(23)10-22-16(12-7-5-4-6-8-12)20-9-13(19)17(22)24/h4-9,11,15H,10,19H2,1-3H3,(H,21,23). The van der Waals surface area contributed by atoms with E-state index >= 15 is 0 Å². The summed E-state index contributed by atoms with van der Waals surface area (Å²) in [6, 6.07) is 8.18. The molecule has 1 aromatic heterocycles. The first-order valence-electron chi connectivity index (χ1n) is 8.13. The lowest BCUT2D eigenvalue weighted by molar-refractivity contribution is -0.146. The second-order valence-corrected chi connectivity index (χ2v) is 6.11. The van der Waals surface area contributed by atoms with Crippen molar-refractivity contribution in [1.29, 1.82) is 0 Å². The molecule has 1 unspecified atom stereocenters. The number of hydrogen-bond acceptors (Lipinski definition) is 6. The van der Waals surface area contributed by atoms with Crippen molar-refractivity contribution in [1.82, 2.24) is 14.9 Å². The van der Waals surface area contributed by atoms with Crippen LogP contribution in [0.3, 0.4) is 0 Å². The Morgan fingerprint density at radius 3 is 2.50 bits per heavy atom. The highest BCUT2D eigenvalue weighted by Gasteiger charge is 2.25. The average molecular weight is 358 g/mol. The zero-order chi connectivity index (χ0) is 19.3. The molecule has 8 nitrogen and oxygen atoms in total. The number of carbonyl (C=O) groups excluding carboxylic acids is 2. The fraction of sp³-hybridized carbons (Fsp3) is 0.333. The van der Waals surface area contributed by atoms with Crippen LogP contribution in [0, 0.1) is 5.92 Å². The van der Waals surface area contributed by atoms with Crippen LogP contribution < -0.4 is 16.6 Å². The van der Waals surface area contributed by atoms with Crippen LogP contribution in [0.4, 0.5) is 5.69 Å². The van der Waals surface area contributed by atoms with Crippen molar-refractivity contribution < 1.29 is 14.3 Å². The van der Waals surface area contributed by atoms with E-state index in [2.05, 4.69) is 10.3 Å². The van der Waals surface area contributed by atoms with E-state index in [0.29, 0.717) is 11.4 Å². The number of nitrogens with zero attached hydrogens (tertiary/aromatic N) is 2. The highest BCUT2D eigenvalue weighted by atomic mass is 16.5. The summed E-state index contributed by atoms with van der Waals surface area (Å²) in [5, 5.41) is 2.60. The number of nitrogens with two attached hydrogens (primary N) is 1. The molecule has 1 heterocycles. The highest BCUT2D eigenvalue weighted by molar-refractivity contribution is 5.84. The molecule has 2 aromatic rings. The van der Waals surface area contributed by atoms with Gasteiger partial charge in [-0.3, -0.25) is 14.2 Å². The van der Waals surface area contributed by atoms with E-state index in [-0.39, 0.29) is 18.2 Å². The number of nitrogens with one attached hydrogen (secondary N) is 1. The van der Waals surface area contributed by atoms with Gasteiger partial charge in [0.1, 0.15) is 24.1 Å². The first kappa shape index (κ1) is 19.2. The summed E-state index contributed by atoms with van der Waals surface area (Å²) in [6.07, 6.45) is 1.27. The zero-order valence-electron chi connectivity index (χ0n) is 14.9. The number of amides is 1. The van der Waals surface area contributed by atoms with E-state index in [1.165, 1.54) is 17.9 Å². The van der Waals surface area contributed by atoms with Crippen molar-refractivity contribution >= 4 is 17.6 Å². The number of rotatable bonds is 6. The molecule has 26 heavy (non-hydrogen) atoms. The maximum absolute atomic E-state index is 12.4. The quantitative estimate of drug-likeness (QED) is 0.738. The molecule has 0 radical (unpaired) electrons. The Hall–Kier alpha value is -3.16. The molecule has 8 heteroatoms. The Morgan fingerprint density at radius 1 is 1.27 bits per heavy atom. The van der Waals surface area contributed by atoms with Crippen LogP contribution in [-0.2, 0) is 20.9 Å². The molecule has 0 saturated carbocycles. The van der Waals surface area contributed by atoms with Gasteiger partial charge in [0, 0.05) is 5.56 Å². The lowest BCUT2D eigenvalue weighted by Gasteiger charge is -2.20. The molecule has 2 rings (SSSR count). The van der Waals surface area contributed by atoms with E-state index in [4.69, 9.17) is 10.5 Å². The molecule has 0 spiro atoms. The van der Waals surface area contributed by atoms with Crippen LogP contribution in [0.5, 0.6) is 0 Å².